The summed E-state index contributed by atoms with van der Waals surface area (Å²) in [6, 6.07) is 19.9. The lowest BCUT2D eigenvalue weighted by molar-refractivity contribution is 1.25. The summed E-state index contributed by atoms with van der Waals surface area (Å²) in [5.41, 5.74) is 14.2. The maximum atomic E-state index is 4.38. The largest absolute Gasteiger partial charge is 0.124 e. The second-order valence-corrected chi connectivity index (χ2v) is 8.27. The van der Waals surface area contributed by atoms with E-state index in [1.54, 1.807) is 0 Å². The quantitative estimate of drug-likeness (QED) is 0.268. The van der Waals surface area contributed by atoms with Gasteiger partial charge in [0.2, 0.25) is 0 Å². The molecule has 1 aliphatic rings. The van der Waals surface area contributed by atoms with E-state index in [-0.39, 0.29) is 0 Å². The third-order valence-corrected chi connectivity index (χ3v) is 6.06. The summed E-state index contributed by atoms with van der Waals surface area (Å²) in [5.74, 6) is 0. The molecule has 0 spiro atoms. The number of terminal acetylenes is 1. The highest BCUT2D eigenvalue weighted by atomic mass is 14.2. The summed E-state index contributed by atoms with van der Waals surface area (Å²) in [6.07, 6.45) is 15.6. The lowest BCUT2D eigenvalue weighted by Crippen LogP contribution is -1.89. The van der Waals surface area contributed by atoms with Crippen LogP contribution >= 0.6 is 0 Å². The van der Waals surface area contributed by atoms with E-state index in [9.17, 15) is 0 Å². The molecule has 0 heterocycles. The van der Waals surface area contributed by atoms with Gasteiger partial charge in [-0.05, 0) is 89.8 Å². The summed E-state index contributed by atoms with van der Waals surface area (Å²) in [7, 11) is 0. The maximum Gasteiger partial charge on any atom is -0.00132 e. The lowest BCUT2D eigenvalue weighted by atomic mass is 9.98. The average molecular weight is 463 g/mol. The van der Waals surface area contributed by atoms with E-state index in [0.717, 1.165) is 12.0 Å². The molecule has 182 valence electrons. The molecule has 0 fully saturated rings. The summed E-state index contributed by atoms with van der Waals surface area (Å²) in [5, 5.41) is 0. The average Bonchev–Trinajstić information content (AvgIpc) is 3.20. The molecule has 0 saturated carbocycles. The van der Waals surface area contributed by atoms with Crippen LogP contribution in [0.2, 0.25) is 0 Å². The van der Waals surface area contributed by atoms with Crippen LogP contribution in [0.25, 0.3) is 23.8 Å². The number of rotatable bonds is 3. The molecule has 4 rings (SSSR count). The van der Waals surface area contributed by atoms with Gasteiger partial charge in [0.05, 0.1) is 0 Å². The van der Waals surface area contributed by atoms with E-state index >= 15 is 0 Å². The molecule has 3 aromatic rings. The van der Waals surface area contributed by atoms with Gasteiger partial charge in [-0.1, -0.05) is 113 Å². The molecule has 0 unspecified atom stereocenters. The molecule has 0 aromatic heterocycles. The highest BCUT2D eigenvalue weighted by molar-refractivity contribution is 5.90. The van der Waals surface area contributed by atoms with Crippen LogP contribution in [0.5, 0.6) is 0 Å². The third-order valence-electron chi connectivity index (χ3n) is 6.06. The minimum atomic E-state index is 0.951. The molecule has 0 aliphatic heterocycles. The molecule has 0 nitrogen and oxygen atoms in total. The Balaban J connectivity index is 0.000000949. The van der Waals surface area contributed by atoms with Crippen LogP contribution in [-0.2, 0) is 6.42 Å². The first-order valence-electron chi connectivity index (χ1n) is 12.6. The molecule has 3 aromatic carbocycles. The Morgan fingerprint density at radius 2 is 1.20 bits per heavy atom. The number of hydrogen-bond donors (Lipinski definition) is 0. The summed E-state index contributed by atoms with van der Waals surface area (Å²) in [6.45, 7) is 21.1. The monoisotopic (exact) mass is 462 g/mol. The molecular weight excluding hydrogens is 420 g/mol. The topological polar surface area (TPSA) is 0 Å². The van der Waals surface area contributed by atoms with Gasteiger partial charge in [0.25, 0.3) is 0 Å². The molecule has 0 N–H and O–H groups in total. The van der Waals surface area contributed by atoms with Gasteiger partial charge < -0.3 is 0 Å². The van der Waals surface area contributed by atoms with Gasteiger partial charge >= 0.3 is 0 Å². The van der Waals surface area contributed by atoms with Crippen molar-refractivity contribution in [3.8, 4) is 12.8 Å². The Bertz CT molecular complexity index is 1170. The van der Waals surface area contributed by atoms with Crippen LogP contribution in [0.1, 0.15) is 77.8 Å². The molecule has 0 heteroatoms. The van der Waals surface area contributed by atoms with Crippen molar-refractivity contribution >= 4 is 23.8 Å². The molecule has 35 heavy (non-hydrogen) atoms. The van der Waals surface area contributed by atoms with E-state index in [4.69, 9.17) is 0 Å². The minimum absolute atomic E-state index is 0.951. The smallest absolute Gasteiger partial charge is 0.00132 e. The third kappa shape index (κ3) is 7.73. The van der Waals surface area contributed by atoms with E-state index in [1.807, 2.05) is 27.7 Å². The van der Waals surface area contributed by atoms with Crippen molar-refractivity contribution in [2.45, 2.75) is 61.8 Å². The number of aryl methyl sites for hydroxylation is 3. The second-order valence-electron chi connectivity index (χ2n) is 8.27. The fourth-order valence-electron chi connectivity index (χ4n) is 4.00. The summed E-state index contributed by atoms with van der Waals surface area (Å²) < 4.78 is 0. The molecule has 0 saturated heterocycles. The number of hydrogen-bond acceptors (Lipinski definition) is 0. The summed E-state index contributed by atoms with van der Waals surface area (Å²) in [4.78, 5) is 0. The standard InChI is InChI=1S/C29H28.2C2H6.C2H2/c1-19-6-8-24(9-7-19)10-11-25-12-13-29-23(5)27(18-28(29)16-25)17-26-14-20(2)22(4)21(3)15-26;3*1-2/h6-17H,5,18H2,1-4H3;2*1-2H3;1-2H/b11-10?,27-17+;;;. The van der Waals surface area contributed by atoms with Gasteiger partial charge in [0.1, 0.15) is 0 Å². The predicted molar refractivity (Wildman–Crippen MR) is 161 cm³/mol. The first kappa shape index (κ1) is 29.5. The van der Waals surface area contributed by atoms with Crippen molar-refractivity contribution in [3.63, 3.8) is 0 Å². The number of allylic oxidation sites excluding steroid dienone is 2. The van der Waals surface area contributed by atoms with Gasteiger partial charge in [-0.15, -0.1) is 12.8 Å². The lowest BCUT2D eigenvalue weighted by Gasteiger charge is -2.07. The Labute approximate surface area is 215 Å². The van der Waals surface area contributed by atoms with Gasteiger partial charge in [-0.25, -0.2) is 0 Å². The van der Waals surface area contributed by atoms with Crippen LogP contribution in [-0.4, -0.2) is 0 Å². The molecule has 1 aliphatic carbocycles. The first-order chi connectivity index (χ1) is 16.9. The van der Waals surface area contributed by atoms with Crippen molar-refractivity contribution in [1.29, 1.82) is 0 Å². The SMILES string of the molecule is C#C.C=C1/C(=C/c2cc(C)c(C)c(C)c2)Cc2cc(C=Cc3ccc(C)cc3)ccc21.CC.CC. The van der Waals surface area contributed by atoms with Gasteiger partial charge in [0.15, 0.2) is 0 Å². The normalized spacial score (nSPS) is 12.6. The van der Waals surface area contributed by atoms with E-state index in [1.165, 1.54) is 55.6 Å². The van der Waals surface area contributed by atoms with Crippen LogP contribution in [0.15, 0.2) is 66.7 Å². The number of fused-ring (bicyclic) bond motifs is 1. The van der Waals surface area contributed by atoms with Gasteiger partial charge in [-0.2, -0.15) is 0 Å². The van der Waals surface area contributed by atoms with Crippen LogP contribution < -0.4 is 0 Å². The van der Waals surface area contributed by atoms with Crippen LogP contribution in [0, 0.1) is 40.5 Å². The van der Waals surface area contributed by atoms with Crippen LogP contribution in [0.4, 0.5) is 0 Å². The zero-order valence-corrected chi connectivity index (χ0v) is 23.0. The predicted octanol–water partition coefficient (Wildman–Crippen LogP) is 10.0. The maximum absolute atomic E-state index is 4.38. The fraction of sp³-hybridized carbons (Fsp3) is 0.257. The van der Waals surface area contributed by atoms with Crippen molar-refractivity contribution in [3.05, 3.63) is 117 Å². The zero-order chi connectivity index (χ0) is 26.5. The summed E-state index contributed by atoms with van der Waals surface area (Å²) >= 11 is 0. The molecule has 0 amide bonds. The van der Waals surface area contributed by atoms with Crippen molar-refractivity contribution in [1.82, 2.24) is 0 Å². The minimum Gasteiger partial charge on any atom is -0.124 e. The molecule has 0 atom stereocenters. The fourth-order valence-corrected chi connectivity index (χ4v) is 4.00. The van der Waals surface area contributed by atoms with Gasteiger partial charge in [-0.3, -0.25) is 0 Å². The highest BCUT2D eigenvalue weighted by Gasteiger charge is 2.19. The highest BCUT2D eigenvalue weighted by Crippen LogP contribution is 2.37. The Morgan fingerprint density at radius 1 is 0.686 bits per heavy atom. The van der Waals surface area contributed by atoms with Crippen molar-refractivity contribution < 1.29 is 0 Å². The van der Waals surface area contributed by atoms with Crippen molar-refractivity contribution in [2.24, 2.45) is 0 Å². The molecule has 0 bridgehead atoms. The van der Waals surface area contributed by atoms with E-state index in [2.05, 4.69) is 120 Å². The number of benzene rings is 3. The van der Waals surface area contributed by atoms with E-state index < -0.39 is 0 Å². The van der Waals surface area contributed by atoms with Crippen LogP contribution in [0.3, 0.4) is 0 Å². The van der Waals surface area contributed by atoms with E-state index in [0.29, 0.717) is 0 Å². The molecule has 0 radical (unpaired) electrons. The van der Waals surface area contributed by atoms with Gasteiger partial charge in [0, 0.05) is 0 Å². The molecular formula is C35H42. The second kappa shape index (κ2) is 14.6. The zero-order valence-electron chi connectivity index (χ0n) is 23.0. The Morgan fingerprint density at radius 3 is 1.77 bits per heavy atom. The van der Waals surface area contributed by atoms with Crippen molar-refractivity contribution in [2.75, 3.05) is 0 Å². The Hall–Kier alpha value is -3.56. The Kier molecular flexibility index (Phi) is 12.3. The first-order valence-corrected chi connectivity index (χ1v) is 12.6.